The van der Waals surface area contributed by atoms with Gasteiger partial charge in [0.05, 0.1) is 30.2 Å². The average Bonchev–Trinajstić information content (AvgIpc) is 2.85. The van der Waals surface area contributed by atoms with Crippen LogP contribution in [0.4, 0.5) is 10.5 Å². The Balaban J connectivity index is 1.78. The molecule has 0 fully saturated rings. The Labute approximate surface area is 218 Å². The molecule has 7 nitrogen and oxygen atoms in total. The number of anilines is 1. The van der Waals surface area contributed by atoms with Gasteiger partial charge in [0.2, 0.25) is 0 Å². The summed E-state index contributed by atoms with van der Waals surface area (Å²) in [7, 11) is 3.33. The minimum atomic E-state index is -0.397. The molecule has 36 heavy (non-hydrogen) atoms. The molecule has 0 radical (unpaired) electrons. The number of thioether (sulfide) groups is 1. The number of aryl methyl sites for hydroxylation is 1. The molecule has 0 saturated heterocycles. The molecule has 0 N–H and O–H groups in total. The monoisotopic (exact) mass is 508 g/mol. The molecule has 2 aliphatic rings. The number of ether oxygens (including phenoxy) is 2. The van der Waals surface area contributed by atoms with Crippen molar-refractivity contribution in [1.29, 1.82) is 0 Å². The lowest BCUT2D eigenvalue weighted by atomic mass is 9.93. The van der Waals surface area contributed by atoms with Crippen molar-refractivity contribution >= 4 is 34.2 Å². The molecule has 0 atom stereocenters. The van der Waals surface area contributed by atoms with Gasteiger partial charge in [0.15, 0.2) is 0 Å². The van der Waals surface area contributed by atoms with Gasteiger partial charge >= 0.3 is 5.24 Å². The van der Waals surface area contributed by atoms with Crippen LogP contribution in [-0.2, 0) is 6.42 Å². The largest absolute Gasteiger partial charge is 0.497 e. The Hall–Kier alpha value is -3.00. The lowest BCUT2D eigenvalue weighted by Gasteiger charge is -2.35. The second kappa shape index (κ2) is 10.5. The molecule has 0 unspecified atom stereocenters. The highest BCUT2D eigenvalue weighted by Crippen LogP contribution is 2.38. The maximum absolute atomic E-state index is 12.4. The van der Waals surface area contributed by atoms with Crippen LogP contribution in [-0.4, -0.2) is 59.9 Å². The lowest BCUT2D eigenvalue weighted by Crippen LogP contribution is -2.41. The molecule has 192 valence electrons. The fourth-order valence-corrected chi connectivity index (χ4v) is 5.65. The number of carbonyl (C=O) groups is 1. The molecule has 8 heteroatoms. The zero-order valence-corrected chi connectivity index (χ0v) is 23.1. The number of hydrogen-bond donors (Lipinski definition) is 0. The molecule has 0 bridgehead atoms. The summed E-state index contributed by atoms with van der Waals surface area (Å²) < 4.78 is 10.8. The predicted molar refractivity (Wildman–Crippen MR) is 149 cm³/mol. The predicted octanol–water partition coefficient (Wildman–Crippen LogP) is 5.98. The number of hydrogen-bond acceptors (Lipinski definition) is 6. The number of fused-ring (bicyclic) bond motifs is 1. The summed E-state index contributed by atoms with van der Waals surface area (Å²) in [4.78, 5) is 19.8. The van der Waals surface area contributed by atoms with Gasteiger partial charge in [-0.05, 0) is 82.9 Å². The molecule has 2 heterocycles. The SMILES string of the molecule is CCN1N=C(c2ccc3c(c2)CCCN3/C(=N\C(C)C)c2ccc(OC)cc2OC)C(C)(C)SC1=O. The van der Waals surface area contributed by atoms with Crippen LogP contribution in [0.25, 0.3) is 0 Å². The van der Waals surface area contributed by atoms with E-state index < -0.39 is 4.75 Å². The van der Waals surface area contributed by atoms with Crippen LogP contribution in [0.1, 0.15) is 57.7 Å². The van der Waals surface area contributed by atoms with E-state index in [1.54, 1.807) is 19.2 Å². The van der Waals surface area contributed by atoms with Crippen LogP contribution in [0.3, 0.4) is 0 Å². The van der Waals surface area contributed by atoms with Gasteiger partial charge in [0.1, 0.15) is 17.3 Å². The van der Waals surface area contributed by atoms with Crippen molar-refractivity contribution in [2.24, 2.45) is 10.1 Å². The highest BCUT2D eigenvalue weighted by Gasteiger charge is 2.37. The zero-order valence-electron chi connectivity index (χ0n) is 22.3. The number of hydrazone groups is 1. The number of aliphatic imine (C=N–C) groups is 1. The summed E-state index contributed by atoms with van der Waals surface area (Å²) >= 11 is 1.34. The standard InChI is InChI=1S/C28H36N4O3S/c1-8-32-27(33)36-28(4,5)25(30-32)20-11-14-23-19(16-20)10-9-15-31(23)26(29-18(2)3)22-13-12-21(34-6)17-24(22)35-7/h11-14,16-18H,8-10,15H2,1-7H3/b29-26-. The first-order valence-electron chi connectivity index (χ1n) is 12.5. The minimum absolute atomic E-state index is 0.00152. The van der Waals surface area contributed by atoms with Crippen LogP contribution in [0.2, 0.25) is 0 Å². The summed E-state index contributed by atoms with van der Waals surface area (Å²) in [5.41, 5.74) is 5.33. The maximum atomic E-state index is 12.4. The molecule has 2 aromatic carbocycles. The van der Waals surface area contributed by atoms with Gasteiger partial charge in [-0.15, -0.1) is 0 Å². The van der Waals surface area contributed by atoms with Crippen LogP contribution in [0.5, 0.6) is 11.5 Å². The molecule has 1 amide bonds. The maximum Gasteiger partial charge on any atom is 0.302 e. The van der Waals surface area contributed by atoms with Crippen molar-refractivity contribution in [3.8, 4) is 11.5 Å². The third-order valence-electron chi connectivity index (χ3n) is 6.40. The van der Waals surface area contributed by atoms with Crippen molar-refractivity contribution in [2.45, 2.75) is 58.2 Å². The van der Waals surface area contributed by atoms with Crippen molar-refractivity contribution in [2.75, 3.05) is 32.2 Å². The van der Waals surface area contributed by atoms with E-state index in [1.807, 2.05) is 25.1 Å². The highest BCUT2D eigenvalue weighted by molar-refractivity contribution is 8.15. The molecule has 2 aromatic rings. The van der Waals surface area contributed by atoms with Crippen molar-refractivity contribution in [1.82, 2.24) is 5.01 Å². The summed E-state index contributed by atoms with van der Waals surface area (Å²) in [6, 6.07) is 12.5. The molecule has 0 saturated carbocycles. The number of amides is 1. The summed E-state index contributed by atoms with van der Waals surface area (Å²) in [5, 5.41) is 6.30. The van der Waals surface area contributed by atoms with Crippen molar-refractivity contribution < 1.29 is 14.3 Å². The smallest absolute Gasteiger partial charge is 0.302 e. The second-order valence-corrected chi connectivity index (χ2v) is 11.3. The quantitative estimate of drug-likeness (QED) is 0.355. The Morgan fingerprint density at radius 1 is 1.17 bits per heavy atom. The highest BCUT2D eigenvalue weighted by atomic mass is 32.2. The fraction of sp³-hybridized carbons (Fsp3) is 0.464. The number of rotatable bonds is 6. The third-order valence-corrected chi connectivity index (χ3v) is 7.49. The van der Waals surface area contributed by atoms with Gasteiger partial charge in [-0.2, -0.15) is 5.10 Å². The van der Waals surface area contributed by atoms with E-state index in [1.165, 1.54) is 17.3 Å². The van der Waals surface area contributed by atoms with Crippen LogP contribution in [0.15, 0.2) is 46.5 Å². The molecular formula is C28H36N4O3S. The van der Waals surface area contributed by atoms with E-state index in [2.05, 4.69) is 50.8 Å². The van der Waals surface area contributed by atoms with Gasteiger partial charge in [-0.1, -0.05) is 17.8 Å². The molecule has 0 aromatic heterocycles. The van der Waals surface area contributed by atoms with Gasteiger partial charge in [0, 0.05) is 30.9 Å². The Bertz CT molecular complexity index is 1210. The molecule has 2 aliphatic heterocycles. The van der Waals surface area contributed by atoms with Crippen LogP contribution in [0, 0.1) is 0 Å². The number of amidine groups is 1. The summed E-state index contributed by atoms with van der Waals surface area (Å²) in [6.07, 6.45) is 1.99. The normalized spacial score (nSPS) is 17.7. The van der Waals surface area contributed by atoms with E-state index in [0.29, 0.717) is 6.54 Å². The first-order valence-corrected chi connectivity index (χ1v) is 13.3. The van der Waals surface area contributed by atoms with E-state index in [9.17, 15) is 4.79 Å². The van der Waals surface area contributed by atoms with Gasteiger partial charge in [-0.3, -0.25) is 9.79 Å². The second-order valence-electron chi connectivity index (χ2n) is 9.75. The van der Waals surface area contributed by atoms with Gasteiger partial charge < -0.3 is 14.4 Å². The van der Waals surface area contributed by atoms with Gasteiger partial charge in [0.25, 0.3) is 0 Å². The minimum Gasteiger partial charge on any atom is -0.497 e. The van der Waals surface area contributed by atoms with Crippen LogP contribution >= 0.6 is 11.8 Å². The Morgan fingerprint density at radius 3 is 2.61 bits per heavy atom. The fourth-order valence-electron chi connectivity index (χ4n) is 4.68. The summed E-state index contributed by atoms with van der Waals surface area (Å²) in [5.74, 6) is 2.38. The van der Waals surface area contributed by atoms with E-state index >= 15 is 0 Å². The summed E-state index contributed by atoms with van der Waals surface area (Å²) in [6.45, 7) is 11.7. The van der Waals surface area contributed by atoms with E-state index in [-0.39, 0.29) is 11.3 Å². The molecule has 4 rings (SSSR count). The van der Waals surface area contributed by atoms with E-state index in [0.717, 1.165) is 59.2 Å². The van der Waals surface area contributed by atoms with Crippen molar-refractivity contribution in [3.63, 3.8) is 0 Å². The Kier molecular flexibility index (Phi) is 7.64. The molecule has 0 aliphatic carbocycles. The van der Waals surface area contributed by atoms with Crippen molar-refractivity contribution in [3.05, 3.63) is 53.1 Å². The first-order chi connectivity index (χ1) is 17.2. The van der Waals surface area contributed by atoms with E-state index in [4.69, 9.17) is 19.6 Å². The lowest BCUT2D eigenvalue weighted by molar-refractivity contribution is 0.226. The average molecular weight is 509 g/mol. The Morgan fingerprint density at radius 2 is 1.94 bits per heavy atom. The first kappa shape index (κ1) is 26.1. The topological polar surface area (TPSA) is 66.7 Å². The zero-order chi connectivity index (χ0) is 26.0. The molecular weight excluding hydrogens is 472 g/mol. The number of benzene rings is 2. The number of methoxy groups -OCH3 is 2. The van der Waals surface area contributed by atoms with Crippen LogP contribution < -0.4 is 14.4 Å². The number of nitrogens with zero attached hydrogens (tertiary/aromatic N) is 4. The van der Waals surface area contributed by atoms with Gasteiger partial charge in [-0.25, -0.2) is 5.01 Å². The third kappa shape index (κ3) is 5.09. The molecule has 0 spiro atoms. The number of carbonyl (C=O) groups excluding carboxylic acids is 1.